The number of methoxy groups -OCH3 is 3. The van der Waals surface area contributed by atoms with E-state index >= 15 is 0 Å². The van der Waals surface area contributed by atoms with Crippen LogP contribution >= 0.6 is 0 Å². The van der Waals surface area contributed by atoms with Gasteiger partial charge in [-0.25, -0.2) is 0 Å². The van der Waals surface area contributed by atoms with E-state index in [1.807, 2.05) is 67.1 Å². The van der Waals surface area contributed by atoms with Crippen molar-refractivity contribution in [2.45, 2.75) is 38.8 Å². The average Bonchev–Trinajstić information content (AvgIpc) is 3.78. The standard InChI is InChI=1S/C42H39N5O7.CH4/c1-50-32-11-7-26(8-12-32)28-16-31-22-45-36-20-40(38(52-3)18-34(36)42(49)47(31)24-28)54-14-4-13-53-39-19-35-33(17-37(39)51-2)41(48)46-23-27(15-30(46)21-44-35)25-5-9-29(43)10-6-25;/h5-12,17-24,30-31H,4,13-16,43H2,1-3H3;1H4. The van der Waals surface area contributed by atoms with Crippen LogP contribution < -0.4 is 29.4 Å². The number of nitrogens with two attached hydrogens (primary N) is 1. The molecule has 2 unspecified atom stereocenters. The van der Waals surface area contributed by atoms with Crippen LogP contribution in [0.3, 0.4) is 0 Å². The maximum atomic E-state index is 13.7. The van der Waals surface area contributed by atoms with Crippen molar-refractivity contribution in [3.8, 4) is 28.7 Å². The van der Waals surface area contributed by atoms with E-state index in [-0.39, 0.29) is 31.3 Å². The topological polar surface area (TPSA) is 138 Å². The van der Waals surface area contributed by atoms with Crippen molar-refractivity contribution in [1.29, 1.82) is 0 Å². The molecule has 12 heteroatoms. The third kappa shape index (κ3) is 7.10. The lowest BCUT2D eigenvalue weighted by Crippen LogP contribution is -2.32. The van der Waals surface area contributed by atoms with Crippen LogP contribution in [0.4, 0.5) is 17.1 Å². The number of carbonyl (C=O) groups is 2. The van der Waals surface area contributed by atoms with Gasteiger partial charge in [0.2, 0.25) is 0 Å². The SMILES string of the molecule is C.COc1ccc(C2=CN3C(=O)c4cc(OC)c(OCCCOc5cc6c(cc5OC)C(=O)N5C=C(c7ccc(N)cc7)CC5C=N6)cc4N=CC3C2)cc1. The summed E-state index contributed by atoms with van der Waals surface area (Å²) in [6.45, 7) is 0.609. The first-order valence-electron chi connectivity index (χ1n) is 17.7. The van der Waals surface area contributed by atoms with Crippen LogP contribution in [0.2, 0.25) is 0 Å². The van der Waals surface area contributed by atoms with Crippen LogP contribution in [-0.4, -0.2) is 80.7 Å². The quantitative estimate of drug-likeness (QED) is 0.122. The minimum atomic E-state index is -0.203. The Bertz CT molecular complexity index is 2240. The van der Waals surface area contributed by atoms with Gasteiger partial charge in [0.05, 0.1) is 69.1 Å². The summed E-state index contributed by atoms with van der Waals surface area (Å²) >= 11 is 0. The molecule has 282 valence electrons. The number of hydrogen-bond donors (Lipinski definition) is 1. The Morgan fingerprint density at radius 1 is 0.636 bits per heavy atom. The minimum Gasteiger partial charge on any atom is -0.497 e. The largest absolute Gasteiger partial charge is 0.497 e. The lowest BCUT2D eigenvalue weighted by Gasteiger charge is -2.19. The lowest BCUT2D eigenvalue weighted by atomic mass is 10.0. The van der Waals surface area contributed by atoms with Crippen LogP contribution in [0.25, 0.3) is 11.1 Å². The summed E-state index contributed by atoms with van der Waals surface area (Å²) in [7, 11) is 4.72. The summed E-state index contributed by atoms with van der Waals surface area (Å²) in [5.41, 5.74) is 12.6. The molecule has 0 saturated carbocycles. The number of nitrogen functional groups attached to an aromatic ring is 1. The van der Waals surface area contributed by atoms with Gasteiger partial charge in [0.25, 0.3) is 11.8 Å². The number of carbonyl (C=O) groups excluding carboxylic acids is 2. The molecule has 0 radical (unpaired) electrons. The normalized spacial score (nSPS) is 17.8. The predicted molar refractivity (Wildman–Crippen MR) is 214 cm³/mol. The van der Waals surface area contributed by atoms with Crippen molar-refractivity contribution < 1.29 is 33.3 Å². The summed E-state index contributed by atoms with van der Waals surface area (Å²) < 4.78 is 28.8. The summed E-state index contributed by atoms with van der Waals surface area (Å²) in [4.78, 5) is 40.3. The summed E-state index contributed by atoms with van der Waals surface area (Å²) in [5.74, 6) is 2.27. The van der Waals surface area contributed by atoms with Gasteiger partial charge in [0.15, 0.2) is 23.0 Å². The Kier molecular flexibility index (Phi) is 10.3. The molecular weight excluding hydrogens is 699 g/mol. The molecule has 8 rings (SSSR count). The highest BCUT2D eigenvalue weighted by molar-refractivity contribution is 6.06. The zero-order valence-electron chi connectivity index (χ0n) is 30.2. The molecule has 0 bridgehead atoms. The van der Waals surface area contributed by atoms with Gasteiger partial charge in [-0.2, -0.15) is 0 Å². The van der Waals surface area contributed by atoms with Gasteiger partial charge in [-0.15, -0.1) is 0 Å². The summed E-state index contributed by atoms with van der Waals surface area (Å²) in [6.07, 6.45) is 9.22. The average molecular weight is 742 g/mol. The number of aliphatic imine (C=N–C) groups is 2. The van der Waals surface area contributed by atoms with E-state index in [0.717, 1.165) is 28.0 Å². The van der Waals surface area contributed by atoms with Crippen molar-refractivity contribution >= 4 is 52.5 Å². The van der Waals surface area contributed by atoms with Crippen molar-refractivity contribution in [2.75, 3.05) is 40.3 Å². The predicted octanol–water partition coefficient (Wildman–Crippen LogP) is 7.72. The molecule has 0 aromatic heterocycles. The first-order valence-corrected chi connectivity index (χ1v) is 17.7. The third-order valence-corrected chi connectivity index (χ3v) is 9.97. The number of anilines is 1. The number of hydrogen-bond acceptors (Lipinski definition) is 10. The number of amides is 2. The van der Waals surface area contributed by atoms with Crippen molar-refractivity contribution in [3.63, 3.8) is 0 Å². The van der Waals surface area contributed by atoms with Gasteiger partial charge in [-0.05, 0) is 58.7 Å². The Balaban J connectivity index is 0.00000465. The number of ether oxygens (including phenoxy) is 5. The first-order chi connectivity index (χ1) is 26.3. The van der Waals surface area contributed by atoms with E-state index in [1.165, 1.54) is 7.11 Å². The van der Waals surface area contributed by atoms with Gasteiger partial charge in [-0.1, -0.05) is 31.7 Å². The van der Waals surface area contributed by atoms with Gasteiger partial charge in [0.1, 0.15) is 5.75 Å². The second kappa shape index (κ2) is 15.4. The van der Waals surface area contributed by atoms with Crippen LogP contribution in [0.5, 0.6) is 28.7 Å². The molecule has 4 heterocycles. The van der Waals surface area contributed by atoms with Crippen LogP contribution in [0, 0.1) is 0 Å². The monoisotopic (exact) mass is 741 g/mol. The fraction of sp³-hybridized carbons (Fsp3) is 0.256. The first kappa shape index (κ1) is 36.8. The van der Waals surface area contributed by atoms with Crippen molar-refractivity contribution in [3.05, 3.63) is 107 Å². The van der Waals surface area contributed by atoms with Gasteiger partial charge in [0, 0.05) is 61.9 Å². The summed E-state index contributed by atoms with van der Waals surface area (Å²) in [5, 5.41) is 0. The van der Waals surface area contributed by atoms with E-state index in [1.54, 1.807) is 54.5 Å². The molecule has 2 N–H and O–H groups in total. The highest BCUT2D eigenvalue weighted by atomic mass is 16.5. The molecular formula is C43H43N5O7. The molecule has 4 aromatic rings. The molecule has 0 saturated heterocycles. The molecule has 12 nitrogen and oxygen atoms in total. The lowest BCUT2D eigenvalue weighted by molar-refractivity contribution is 0.0809. The molecule has 2 atom stereocenters. The van der Waals surface area contributed by atoms with Crippen LogP contribution in [-0.2, 0) is 0 Å². The molecule has 0 fully saturated rings. The number of fused-ring (bicyclic) bond motifs is 4. The van der Waals surface area contributed by atoms with E-state index in [9.17, 15) is 9.59 Å². The fourth-order valence-electron chi connectivity index (χ4n) is 7.07. The van der Waals surface area contributed by atoms with E-state index in [4.69, 9.17) is 34.4 Å². The highest BCUT2D eigenvalue weighted by Crippen LogP contribution is 2.42. The molecule has 2 amide bonds. The van der Waals surface area contributed by atoms with Gasteiger partial charge in [-0.3, -0.25) is 19.6 Å². The van der Waals surface area contributed by atoms with Crippen LogP contribution in [0.1, 0.15) is 58.5 Å². The van der Waals surface area contributed by atoms with Gasteiger partial charge < -0.3 is 39.2 Å². The second-order valence-electron chi connectivity index (χ2n) is 13.3. The zero-order valence-corrected chi connectivity index (χ0v) is 30.2. The highest BCUT2D eigenvalue weighted by Gasteiger charge is 2.35. The zero-order chi connectivity index (χ0) is 37.3. The maximum absolute atomic E-state index is 13.7. The molecule has 0 spiro atoms. The molecule has 55 heavy (non-hydrogen) atoms. The van der Waals surface area contributed by atoms with Crippen LogP contribution in [0.15, 0.2) is 95.2 Å². The number of benzene rings is 4. The molecule has 0 aliphatic carbocycles. The third-order valence-electron chi connectivity index (χ3n) is 9.97. The number of nitrogens with zero attached hydrogens (tertiary/aromatic N) is 4. The Morgan fingerprint density at radius 2 is 1.09 bits per heavy atom. The maximum Gasteiger partial charge on any atom is 0.260 e. The van der Waals surface area contributed by atoms with Crippen molar-refractivity contribution in [1.82, 2.24) is 9.80 Å². The summed E-state index contributed by atoms with van der Waals surface area (Å²) in [6, 6.07) is 21.9. The van der Waals surface area contributed by atoms with E-state index < -0.39 is 0 Å². The smallest absolute Gasteiger partial charge is 0.260 e. The fourth-order valence-corrected chi connectivity index (χ4v) is 7.07. The van der Waals surface area contributed by atoms with E-state index in [2.05, 4.69) is 4.99 Å². The molecule has 4 aliphatic heterocycles. The van der Waals surface area contributed by atoms with E-state index in [0.29, 0.717) is 83.7 Å². The second-order valence-corrected chi connectivity index (χ2v) is 13.3. The number of rotatable bonds is 11. The Morgan fingerprint density at radius 3 is 1.53 bits per heavy atom. The minimum absolute atomic E-state index is 0. The van der Waals surface area contributed by atoms with Crippen molar-refractivity contribution in [2.24, 2.45) is 9.98 Å². The Hall–Kier alpha value is -6.56. The Labute approximate surface area is 320 Å². The molecule has 4 aromatic carbocycles. The van der Waals surface area contributed by atoms with Gasteiger partial charge >= 0.3 is 0 Å². The molecule has 4 aliphatic rings.